The first kappa shape index (κ1) is 16.9. The van der Waals surface area contributed by atoms with Crippen LogP contribution in [0, 0.1) is 0 Å². The highest BCUT2D eigenvalue weighted by Crippen LogP contribution is 2.25. The van der Waals surface area contributed by atoms with Crippen molar-refractivity contribution in [3.63, 3.8) is 0 Å². The summed E-state index contributed by atoms with van der Waals surface area (Å²) in [5.74, 6) is -2.19. The first-order valence-corrected chi connectivity index (χ1v) is 7.98. The Kier molecular flexibility index (Phi) is 4.37. The van der Waals surface area contributed by atoms with Gasteiger partial charge in [0, 0.05) is 18.6 Å². The van der Waals surface area contributed by atoms with Crippen LogP contribution in [-0.4, -0.2) is 30.5 Å². The number of hydrogen-bond donors (Lipinski definition) is 1. The minimum absolute atomic E-state index is 0.0138. The van der Waals surface area contributed by atoms with Crippen LogP contribution in [0.15, 0.2) is 41.6 Å². The molecule has 1 N–H and O–H groups in total. The summed E-state index contributed by atoms with van der Waals surface area (Å²) < 4.78 is 60.3. The summed E-state index contributed by atoms with van der Waals surface area (Å²) in [5.41, 5.74) is -0.221. The number of carbonyl (C=O) groups excluding carboxylic acids is 1. The van der Waals surface area contributed by atoms with E-state index in [-0.39, 0.29) is 16.1 Å². The minimum atomic E-state index is -4.71. The molecule has 23 heavy (non-hydrogen) atoms. The summed E-state index contributed by atoms with van der Waals surface area (Å²) in [4.78, 5) is 18.0. The molecule has 0 spiro atoms. The Morgan fingerprint density at radius 3 is 2.22 bits per heavy atom. The number of aromatic nitrogens is 2. The van der Waals surface area contributed by atoms with Gasteiger partial charge in [-0.3, -0.25) is 4.79 Å². The predicted molar refractivity (Wildman–Crippen MR) is 74.5 cm³/mol. The molecule has 1 aromatic carbocycles. The van der Waals surface area contributed by atoms with Crippen LogP contribution in [0.3, 0.4) is 0 Å². The second kappa shape index (κ2) is 5.95. The quantitative estimate of drug-likeness (QED) is 0.921. The Bertz CT molecular complexity index is 834. The number of carbonyl (C=O) groups is 1. The van der Waals surface area contributed by atoms with Crippen LogP contribution in [0.5, 0.6) is 0 Å². The van der Waals surface area contributed by atoms with Gasteiger partial charge in [-0.05, 0) is 12.1 Å². The first-order valence-electron chi connectivity index (χ1n) is 6.09. The lowest BCUT2D eigenvalue weighted by atomic mass is 10.2. The minimum Gasteiger partial charge on any atom is -0.321 e. The van der Waals surface area contributed by atoms with Gasteiger partial charge in [-0.1, -0.05) is 12.1 Å². The van der Waals surface area contributed by atoms with E-state index in [1.165, 1.54) is 24.3 Å². The number of nitrogens with zero attached hydrogens (tertiary/aromatic N) is 2. The van der Waals surface area contributed by atoms with Crippen LogP contribution in [0.25, 0.3) is 0 Å². The van der Waals surface area contributed by atoms with Crippen LogP contribution in [0.1, 0.15) is 16.2 Å². The highest BCUT2D eigenvalue weighted by Gasteiger charge is 2.34. The van der Waals surface area contributed by atoms with Crippen molar-refractivity contribution in [3.05, 3.63) is 48.0 Å². The van der Waals surface area contributed by atoms with Crippen molar-refractivity contribution in [2.45, 2.75) is 11.1 Å². The fourth-order valence-corrected chi connectivity index (χ4v) is 2.52. The van der Waals surface area contributed by atoms with Gasteiger partial charge in [0.2, 0.25) is 5.82 Å². The van der Waals surface area contributed by atoms with E-state index in [2.05, 4.69) is 15.3 Å². The van der Waals surface area contributed by atoms with Gasteiger partial charge in [-0.25, -0.2) is 18.4 Å². The van der Waals surface area contributed by atoms with Gasteiger partial charge < -0.3 is 5.32 Å². The standard InChI is InChI=1S/C13H10F3N3O3S/c1-23(21,22)10-5-3-2-4-9(10)19-11(20)8-6-17-12(18-7-8)13(14,15)16/h2-7H,1H3,(H,19,20). The summed E-state index contributed by atoms with van der Waals surface area (Å²) >= 11 is 0. The molecule has 0 bridgehead atoms. The molecule has 10 heteroatoms. The number of alkyl halides is 3. The summed E-state index contributed by atoms with van der Waals surface area (Å²) in [6, 6.07) is 5.65. The molecule has 2 rings (SSSR count). The fourth-order valence-electron chi connectivity index (χ4n) is 1.68. The number of halogens is 3. The third kappa shape index (κ3) is 4.03. The number of benzene rings is 1. The van der Waals surface area contributed by atoms with E-state index in [0.29, 0.717) is 12.4 Å². The molecule has 0 aliphatic carbocycles. The highest BCUT2D eigenvalue weighted by atomic mass is 32.2. The molecular formula is C13H10F3N3O3S. The van der Waals surface area contributed by atoms with E-state index in [4.69, 9.17) is 0 Å². The molecule has 0 unspecified atom stereocenters. The van der Waals surface area contributed by atoms with Gasteiger partial charge >= 0.3 is 6.18 Å². The second-order valence-electron chi connectivity index (χ2n) is 4.52. The van der Waals surface area contributed by atoms with Gasteiger partial charge in [0.1, 0.15) is 0 Å². The van der Waals surface area contributed by atoms with Crippen molar-refractivity contribution >= 4 is 21.4 Å². The molecule has 0 saturated carbocycles. The van der Waals surface area contributed by atoms with Crippen molar-refractivity contribution in [1.82, 2.24) is 9.97 Å². The highest BCUT2D eigenvalue weighted by molar-refractivity contribution is 7.90. The van der Waals surface area contributed by atoms with E-state index in [1.807, 2.05) is 0 Å². The average molecular weight is 345 g/mol. The molecule has 1 aromatic heterocycles. The van der Waals surface area contributed by atoms with Crippen LogP contribution in [-0.2, 0) is 16.0 Å². The van der Waals surface area contributed by atoms with E-state index in [9.17, 15) is 26.4 Å². The Labute approximate surface area is 129 Å². The van der Waals surface area contributed by atoms with Gasteiger partial charge in [-0.15, -0.1) is 0 Å². The van der Waals surface area contributed by atoms with Crippen molar-refractivity contribution in [2.24, 2.45) is 0 Å². The predicted octanol–water partition coefficient (Wildman–Crippen LogP) is 2.15. The zero-order valence-electron chi connectivity index (χ0n) is 11.6. The lowest BCUT2D eigenvalue weighted by Gasteiger charge is -2.10. The van der Waals surface area contributed by atoms with Crippen molar-refractivity contribution in [3.8, 4) is 0 Å². The largest absolute Gasteiger partial charge is 0.451 e. The fraction of sp³-hybridized carbons (Fsp3) is 0.154. The molecule has 0 saturated heterocycles. The number of amides is 1. The lowest BCUT2D eigenvalue weighted by Crippen LogP contribution is -2.17. The molecule has 1 amide bonds. The number of sulfone groups is 1. The van der Waals surface area contributed by atoms with Crippen LogP contribution >= 0.6 is 0 Å². The van der Waals surface area contributed by atoms with E-state index < -0.39 is 27.7 Å². The van der Waals surface area contributed by atoms with E-state index in [0.717, 1.165) is 6.26 Å². The topological polar surface area (TPSA) is 89.0 Å². The van der Waals surface area contributed by atoms with Gasteiger partial charge in [-0.2, -0.15) is 13.2 Å². The molecule has 0 radical (unpaired) electrons. The maximum Gasteiger partial charge on any atom is 0.451 e. The number of hydrogen-bond acceptors (Lipinski definition) is 5. The van der Waals surface area contributed by atoms with Gasteiger partial charge in [0.15, 0.2) is 9.84 Å². The van der Waals surface area contributed by atoms with Crippen LogP contribution in [0.4, 0.5) is 18.9 Å². The molecule has 122 valence electrons. The molecule has 0 atom stereocenters. The Morgan fingerprint density at radius 1 is 1.13 bits per heavy atom. The number of nitrogens with one attached hydrogen (secondary N) is 1. The van der Waals surface area contributed by atoms with Crippen molar-refractivity contribution in [2.75, 3.05) is 11.6 Å². The monoisotopic (exact) mass is 345 g/mol. The van der Waals surface area contributed by atoms with Crippen molar-refractivity contribution < 1.29 is 26.4 Å². The number of anilines is 1. The smallest absolute Gasteiger partial charge is 0.321 e. The lowest BCUT2D eigenvalue weighted by molar-refractivity contribution is -0.145. The third-order valence-electron chi connectivity index (χ3n) is 2.70. The van der Waals surface area contributed by atoms with Crippen molar-refractivity contribution in [1.29, 1.82) is 0 Å². The van der Waals surface area contributed by atoms with Gasteiger partial charge in [0.25, 0.3) is 5.91 Å². The second-order valence-corrected chi connectivity index (χ2v) is 6.50. The average Bonchev–Trinajstić information content (AvgIpc) is 2.46. The number of rotatable bonds is 3. The summed E-state index contributed by atoms with van der Waals surface area (Å²) in [5, 5.41) is 2.31. The number of para-hydroxylation sites is 1. The van der Waals surface area contributed by atoms with E-state index >= 15 is 0 Å². The summed E-state index contributed by atoms with van der Waals surface area (Å²) in [6.07, 6.45) is -2.31. The van der Waals surface area contributed by atoms with Crippen LogP contribution < -0.4 is 5.32 Å². The molecular weight excluding hydrogens is 335 g/mol. The zero-order valence-corrected chi connectivity index (χ0v) is 12.4. The molecule has 1 heterocycles. The first-order chi connectivity index (χ1) is 10.6. The van der Waals surface area contributed by atoms with Crippen LogP contribution in [0.2, 0.25) is 0 Å². The Morgan fingerprint density at radius 2 is 1.70 bits per heavy atom. The molecule has 0 aliphatic heterocycles. The Balaban J connectivity index is 2.27. The zero-order chi connectivity index (χ0) is 17.3. The normalized spacial score (nSPS) is 12.0. The maximum atomic E-state index is 12.4. The molecule has 6 nitrogen and oxygen atoms in total. The maximum absolute atomic E-state index is 12.4. The summed E-state index contributed by atoms with van der Waals surface area (Å²) in [6.45, 7) is 0. The van der Waals surface area contributed by atoms with E-state index in [1.54, 1.807) is 0 Å². The Hall–Kier alpha value is -2.49. The molecule has 2 aromatic rings. The third-order valence-corrected chi connectivity index (χ3v) is 3.86. The van der Waals surface area contributed by atoms with Gasteiger partial charge in [0.05, 0.1) is 16.1 Å². The molecule has 0 fully saturated rings. The summed E-state index contributed by atoms with van der Waals surface area (Å²) in [7, 11) is -3.58. The molecule has 0 aliphatic rings. The SMILES string of the molecule is CS(=O)(=O)c1ccccc1NC(=O)c1cnc(C(F)(F)F)nc1.